The topological polar surface area (TPSA) is 48.9 Å². The van der Waals surface area contributed by atoms with E-state index in [0.29, 0.717) is 6.04 Å². The van der Waals surface area contributed by atoms with Crippen molar-refractivity contribution < 1.29 is 4.74 Å². The number of guanidine groups is 1. The standard InChI is InChI=1S/C20H34N4O.HI/c1-17(24(3)15-18-8-5-4-6-9-18)14-23-20(21-2)22-12-7-13-25-16-19-10-11-19;/h4-6,8-9,17,19H,7,10-16H2,1-3H3,(H2,21,22,23);1H. The van der Waals surface area contributed by atoms with Crippen molar-refractivity contribution in [2.24, 2.45) is 10.9 Å². The average molecular weight is 474 g/mol. The van der Waals surface area contributed by atoms with Crippen molar-refractivity contribution in [3.8, 4) is 0 Å². The fraction of sp³-hybridized carbons (Fsp3) is 0.650. The third-order valence-corrected chi connectivity index (χ3v) is 4.62. The Labute approximate surface area is 176 Å². The van der Waals surface area contributed by atoms with E-state index in [1.165, 1.54) is 18.4 Å². The number of benzene rings is 1. The molecule has 148 valence electrons. The van der Waals surface area contributed by atoms with Gasteiger partial charge in [0.15, 0.2) is 5.96 Å². The van der Waals surface area contributed by atoms with Gasteiger partial charge in [0, 0.05) is 45.9 Å². The maximum absolute atomic E-state index is 5.65. The second-order valence-corrected chi connectivity index (χ2v) is 7.00. The molecule has 0 heterocycles. The van der Waals surface area contributed by atoms with E-state index in [2.05, 4.69) is 64.8 Å². The molecule has 0 spiro atoms. The predicted octanol–water partition coefficient (Wildman–Crippen LogP) is 3.11. The van der Waals surface area contributed by atoms with E-state index in [1.54, 1.807) is 0 Å². The minimum atomic E-state index is 0. The first-order valence-electron chi connectivity index (χ1n) is 9.45. The summed E-state index contributed by atoms with van der Waals surface area (Å²) < 4.78 is 5.65. The van der Waals surface area contributed by atoms with E-state index in [0.717, 1.165) is 51.1 Å². The number of hydrogen-bond donors (Lipinski definition) is 2. The summed E-state index contributed by atoms with van der Waals surface area (Å²) in [5, 5.41) is 6.77. The molecular weight excluding hydrogens is 439 g/mol. The van der Waals surface area contributed by atoms with Crippen LogP contribution in [0, 0.1) is 5.92 Å². The first-order valence-corrected chi connectivity index (χ1v) is 9.45. The first kappa shape index (κ1) is 23.2. The number of ether oxygens (including phenoxy) is 1. The van der Waals surface area contributed by atoms with Gasteiger partial charge in [-0.15, -0.1) is 24.0 Å². The first-order chi connectivity index (χ1) is 12.2. The summed E-state index contributed by atoms with van der Waals surface area (Å²) >= 11 is 0. The lowest BCUT2D eigenvalue weighted by molar-refractivity contribution is 0.123. The summed E-state index contributed by atoms with van der Waals surface area (Å²) in [5.41, 5.74) is 1.34. The highest BCUT2D eigenvalue weighted by molar-refractivity contribution is 14.0. The third-order valence-electron chi connectivity index (χ3n) is 4.62. The molecule has 0 amide bonds. The van der Waals surface area contributed by atoms with Gasteiger partial charge < -0.3 is 15.4 Å². The summed E-state index contributed by atoms with van der Waals surface area (Å²) in [6.45, 7) is 6.71. The van der Waals surface area contributed by atoms with E-state index in [4.69, 9.17) is 4.74 Å². The molecule has 0 aliphatic heterocycles. The van der Waals surface area contributed by atoms with Crippen LogP contribution in [0.25, 0.3) is 0 Å². The Morgan fingerprint density at radius 3 is 2.65 bits per heavy atom. The van der Waals surface area contributed by atoms with Crippen molar-refractivity contribution in [1.82, 2.24) is 15.5 Å². The molecule has 2 rings (SSSR count). The van der Waals surface area contributed by atoms with E-state index in [-0.39, 0.29) is 24.0 Å². The Kier molecular flexibility index (Phi) is 11.9. The quantitative estimate of drug-likeness (QED) is 0.224. The fourth-order valence-corrected chi connectivity index (χ4v) is 2.56. The van der Waals surface area contributed by atoms with Gasteiger partial charge in [-0.25, -0.2) is 0 Å². The highest BCUT2D eigenvalue weighted by atomic mass is 127. The number of nitrogens with zero attached hydrogens (tertiary/aromatic N) is 2. The Balaban J connectivity index is 0.00000338. The predicted molar refractivity (Wildman–Crippen MR) is 120 cm³/mol. The summed E-state index contributed by atoms with van der Waals surface area (Å²) in [5.74, 6) is 1.71. The Bertz CT molecular complexity index is 508. The Hall–Kier alpha value is -0.860. The molecule has 0 radical (unpaired) electrons. The van der Waals surface area contributed by atoms with Crippen LogP contribution in [0.1, 0.15) is 31.7 Å². The summed E-state index contributed by atoms with van der Waals surface area (Å²) in [6, 6.07) is 11.0. The second kappa shape index (κ2) is 13.3. The Morgan fingerprint density at radius 2 is 2.00 bits per heavy atom. The molecule has 0 saturated heterocycles. The minimum Gasteiger partial charge on any atom is -0.381 e. The van der Waals surface area contributed by atoms with Crippen molar-refractivity contribution in [1.29, 1.82) is 0 Å². The number of rotatable bonds is 11. The van der Waals surface area contributed by atoms with E-state index in [1.807, 2.05) is 7.05 Å². The van der Waals surface area contributed by atoms with Gasteiger partial charge in [0.2, 0.25) is 0 Å². The van der Waals surface area contributed by atoms with Crippen LogP contribution < -0.4 is 10.6 Å². The molecule has 1 unspecified atom stereocenters. The molecule has 1 aliphatic carbocycles. The van der Waals surface area contributed by atoms with Gasteiger partial charge in [-0.2, -0.15) is 0 Å². The number of hydrogen-bond acceptors (Lipinski definition) is 3. The number of likely N-dealkylation sites (N-methyl/N-ethyl adjacent to an activating group) is 1. The van der Waals surface area contributed by atoms with Crippen LogP contribution in [0.4, 0.5) is 0 Å². The van der Waals surface area contributed by atoms with Crippen molar-refractivity contribution in [3.63, 3.8) is 0 Å². The summed E-state index contributed by atoms with van der Waals surface area (Å²) in [6.07, 6.45) is 3.72. The van der Waals surface area contributed by atoms with Gasteiger partial charge in [-0.3, -0.25) is 9.89 Å². The zero-order valence-electron chi connectivity index (χ0n) is 16.4. The average Bonchev–Trinajstić information content (AvgIpc) is 3.45. The number of nitrogens with one attached hydrogen (secondary N) is 2. The smallest absolute Gasteiger partial charge is 0.191 e. The molecule has 26 heavy (non-hydrogen) atoms. The molecule has 5 nitrogen and oxygen atoms in total. The zero-order chi connectivity index (χ0) is 17.9. The van der Waals surface area contributed by atoms with E-state index >= 15 is 0 Å². The maximum Gasteiger partial charge on any atom is 0.191 e. The van der Waals surface area contributed by atoms with Gasteiger partial charge >= 0.3 is 0 Å². The largest absolute Gasteiger partial charge is 0.381 e. The zero-order valence-corrected chi connectivity index (χ0v) is 18.7. The van der Waals surface area contributed by atoms with E-state index in [9.17, 15) is 0 Å². The number of halogens is 1. The lowest BCUT2D eigenvalue weighted by atomic mass is 10.2. The molecule has 1 aromatic rings. The summed E-state index contributed by atoms with van der Waals surface area (Å²) in [4.78, 5) is 6.64. The fourth-order valence-electron chi connectivity index (χ4n) is 2.56. The molecule has 1 atom stereocenters. The molecule has 0 bridgehead atoms. The highest BCUT2D eigenvalue weighted by Gasteiger charge is 2.20. The van der Waals surface area contributed by atoms with Gasteiger partial charge in [-0.05, 0) is 44.7 Å². The van der Waals surface area contributed by atoms with Crippen molar-refractivity contribution in [2.75, 3.05) is 40.4 Å². The molecule has 1 fully saturated rings. The molecule has 1 aromatic carbocycles. The molecule has 6 heteroatoms. The number of aliphatic imine (C=N–C) groups is 1. The van der Waals surface area contributed by atoms with Crippen LogP contribution in [0.2, 0.25) is 0 Å². The van der Waals surface area contributed by atoms with Gasteiger partial charge in [-0.1, -0.05) is 30.3 Å². The molecule has 1 aliphatic rings. The van der Waals surface area contributed by atoms with Crippen LogP contribution in [0.5, 0.6) is 0 Å². The molecule has 0 aromatic heterocycles. The highest BCUT2D eigenvalue weighted by Crippen LogP contribution is 2.28. The summed E-state index contributed by atoms with van der Waals surface area (Å²) in [7, 11) is 3.98. The maximum atomic E-state index is 5.65. The lowest BCUT2D eigenvalue weighted by Gasteiger charge is -2.25. The Morgan fingerprint density at radius 1 is 1.27 bits per heavy atom. The SMILES string of the molecule is CN=C(NCCCOCC1CC1)NCC(C)N(C)Cc1ccccc1.I. The van der Waals surface area contributed by atoms with Gasteiger partial charge in [0.25, 0.3) is 0 Å². The van der Waals surface area contributed by atoms with Crippen LogP contribution in [-0.2, 0) is 11.3 Å². The molecule has 2 N–H and O–H groups in total. The van der Waals surface area contributed by atoms with Crippen LogP contribution >= 0.6 is 24.0 Å². The van der Waals surface area contributed by atoms with Gasteiger partial charge in [0.1, 0.15) is 0 Å². The van der Waals surface area contributed by atoms with Crippen LogP contribution in [0.15, 0.2) is 35.3 Å². The normalized spacial score (nSPS) is 15.5. The molecular formula is C20H35IN4O. The third kappa shape index (κ3) is 9.73. The van der Waals surface area contributed by atoms with E-state index < -0.39 is 0 Å². The molecule has 1 saturated carbocycles. The van der Waals surface area contributed by atoms with Crippen molar-refractivity contribution >= 4 is 29.9 Å². The van der Waals surface area contributed by atoms with Crippen molar-refractivity contribution in [3.05, 3.63) is 35.9 Å². The van der Waals surface area contributed by atoms with Crippen LogP contribution in [-0.4, -0.2) is 57.3 Å². The second-order valence-electron chi connectivity index (χ2n) is 7.00. The minimum absolute atomic E-state index is 0. The monoisotopic (exact) mass is 474 g/mol. The van der Waals surface area contributed by atoms with Crippen molar-refractivity contribution in [2.45, 2.75) is 38.8 Å². The van der Waals surface area contributed by atoms with Gasteiger partial charge in [0.05, 0.1) is 0 Å². The van der Waals surface area contributed by atoms with Crippen LogP contribution in [0.3, 0.4) is 0 Å². The lowest BCUT2D eigenvalue weighted by Crippen LogP contribution is -2.45.